The topological polar surface area (TPSA) is 49.4 Å². The van der Waals surface area contributed by atoms with Gasteiger partial charge in [-0.3, -0.25) is 0 Å². The van der Waals surface area contributed by atoms with Crippen molar-refractivity contribution in [2.75, 3.05) is 25.4 Å². The highest BCUT2D eigenvalue weighted by Gasteiger charge is 2.44. The standard InChI is InChI=1S/C11H19F3N2O2S/c12-11(13,14)8-16(10-1-2-10)19(17,18)7-9-3-5-15-6-4-9/h9-10,15H,1-8H2. The summed E-state index contributed by atoms with van der Waals surface area (Å²) >= 11 is 0. The lowest BCUT2D eigenvalue weighted by Gasteiger charge is -2.27. The molecule has 1 N–H and O–H groups in total. The number of hydrogen-bond donors (Lipinski definition) is 1. The molecule has 112 valence electrons. The zero-order valence-electron chi connectivity index (χ0n) is 10.6. The molecular weight excluding hydrogens is 281 g/mol. The summed E-state index contributed by atoms with van der Waals surface area (Å²) in [5.74, 6) is -0.179. The van der Waals surface area contributed by atoms with Crippen LogP contribution in [0.15, 0.2) is 0 Å². The average Bonchev–Trinajstić information content (AvgIpc) is 3.09. The predicted molar refractivity (Wildman–Crippen MR) is 65.2 cm³/mol. The molecule has 8 heteroatoms. The summed E-state index contributed by atoms with van der Waals surface area (Å²) in [6.45, 7) is 0.136. The van der Waals surface area contributed by atoms with Crippen LogP contribution in [0, 0.1) is 5.92 Å². The lowest BCUT2D eigenvalue weighted by atomic mass is 10.0. The van der Waals surface area contributed by atoms with Crippen LogP contribution in [0.25, 0.3) is 0 Å². The molecule has 2 fully saturated rings. The molecule has 0 amide bonds. The van der Waals surface area contributed by atoms with Crippen molar-refractivity contribution < 1.29 is 21.6 Å². The predicted octanol–water partition coefficient (Wildman–Crippen LogP) is 1.34. The molecule has 1 aliphatic heterocycles. The van der Waals surface area contributed by atoms with Gasteiger partial charge in [-0.05, 0) is 44.7 Å². The van der Waals surface area contributed by atoms with Crippen LogP contribution in [-0.4, -0.2) is 50.3 Å². The van der Waals surface area contributed by atoms with Gasteiger partial charge in [0.1, 0.15) is 6.54 Å². The summed E-state index contributed by atoms with van der Waals surface area (Å²) in [6.07, 6.45) is -1.96. The molecule has 0 unspecified atom stereocenters. The van der Waals surface area contributed by atoms with Crippen LogP contribution in [0.4, 0.5) is 13.2 Å². The van der Waals surface area contributed by atoms with Crippen LogP contribution in [0.5, 0.6) is 0 Å². The van der Waals surface area contributed by atoms with Gasteiger partial charge in [0, 0.05) is 6.04 Å². The van der Waals surface area contributed by atoms with Crippen molar-refractivity contribution in [3.05, 3.63) is 0 Å². The maximum absolute atomic E-state index is 12.5. The number of halogens is 3. The molecule has 0 atom stereocenters. The monoisotopic (exact) mass is 300 g/mol. The third kappa shape index (κ3) is 4.61. The van der Waals surface area contributed by atoms with Crippen LogP contribution in [0.1, 0.15) is 25.7 Å². The number of sulfonamides is 1. The lowest BCUT2D eigenvalue weighted by molar-refractivity contribution is -0.137. The van der Waals surface area contributed by atoms with E-state index in [1.54, 1.807) is 0 Å². The van der Waals surface area contributed by atoms with E-state index in [-0.39, 0.29) is 11.7 Å². The largest absolute Gasteiger partial charge is 0.402 e. The van der Waals surface area contributed by atoms with E-state index in [1.165, 1.54) is 0 Å². The molecule has 4 nitrogen and oxygen atoms in total. The fourth-order valence-electron chi connectivity index (χ4n) is 2.44. The van der Waals surface area contributed by atoms with Gasteiger partial charge in [-0.15, -0.1) is 0 Å². The molecular formula is C11H19F3N2O2S. The highest BCUT2D eigenvalue weighted by molar-refractivity contribution is 7.89. The number of piperidine rings is 1. The first-order valence-corrected chi connectivity index (χ1v) is 8.16. The van der Waals surface area contributed by atoms with Crippen molar-refractivity contribution in [2.45, 2.75) is 37.9 Å². The normalized spacial score (nSPS) is 22.9. The van der Waals surface area contributed by atoms with Crippen molar-refractivity contribution in [2.24, 2.45) is 5.92 Å². The van der Waals surface area contributed by atoms with Gasteiger partial charge in [0.05, 0.1) is 5.75 Å². The Balaban J connectivity index is 2.01. The molecule has 19 heavy (non-hydrogen) atoms. The van der Waals surface area contributed by atoms with Gasteiger partial charge in [-0.25, -0.2) is 8.42 Å². The van der Waals surface area contributed by atoms with E-state index in [0.717, 1.165) is 13.1 Å². The Morgan fingerprint density at radius 3 is 2.16 bits per heavy atom. The second kappa shape index (κ2) is 5.57. The summed E-state index contributed by atoms with van der Waals surface area (Å²) in [4.78, 5) is 0. The van der Waals surface area contributed by atoms with Crippen molar-refractivity contribution in [1.82, 2.24) is 9.62 Å². The Bertz CT molecular complexity index is 401. The minimum Gasteiger partial charge on any atom is -0.317 e. The van der Waals surface area contributed by atoms with Gasteiger partial charge < -0.3 is 5.32 Å². The van der Waals surface area contributed by atoms with Crippen molar-refractivity contribution in [3.63, 3.8) is 0 Å². The van der Waals surface area contributed by atoms with Crippen LogP contribution in [-0.2, 0) is 10.0 Å². The first kappa shape index (κ1) is 15.1. The molecule has 0 aromatic heterocycles. The molecule has 2 rings (SSSR count). The summed E-state index contributed by atoms with van der Waals surface area (Å²) in [5.41, 5.74) is 0. The first-order valence-electron chi connectivity index (χ1n) is 6.55. The van der Waals surface area contributed by atoms with Gasteiger partial charge in [-0.1, -0.05) is 0 Å². The van der Waals surface area contributed by atoms with Crippen LogP contribution in [0.3, 0.4) is 0 Å². The quantitative estimate of drug-likeness (QED) is 0.833. The molecule has 0 aromatic rings. The fraction of sp³-hybridized carbons (Fsp3) is 1.00. The molecule has 1 aliphatic carbocycles. The van der Waals surface area contributed by atoms with Crippen molar-refractivity contribution >= 4 is 10.0 Å². The van der Waals surface area contributed by atoms with Crippen LogP contribution >= 0.6 is 0 Å². The smallest absolute Gasteiger partial charge is 0.317 e. The van der Waals surface area contributed by atoms with E-state index in [4.69, 9.17) is 0 Å². The summed E-state index contributed by atoms with van der Waals surface area (Å²) < 4.78 is 62.5. The second-order valence-corrected chi connectivity index (χ2v) is 7.33. The Hall–Kier alpha value is -0.340. The van der Waals surface area contributed by atoms with Gasteiger partial charge in [0.15, 0.2) is 0 Å². The SMILES string of the molecule is O=S(=O)(CC1CCNCC1)N(CC(F)(F)F)C1CC1. The molecule has 1 saturated heterocycles. The fourth-order valence-corrected chi connectivity index (χ4v) is 4.56. The Labute approximate surface area is 111 Å². The minimum absolute atomic E-state index is 0.0271. The lowest BCUT2D eigenvalue weighted by Crippen LogP contribution is -2.44. The Kier molecular flexibility index (Phi) is 4.42. The molecule has 1 saturated carbocycles. The second-order valence-electron chi connectivity index (χ2n) is 5.36. The maximum atomic E-state index is 12.5. The molecule has 0 radical (unpaired) electrons. The number of hydrogen-bond acceptors (Lipinski definition) is 3. The Morgan fingerprint density at radius 1 is 1.11 bits per heavy atom. The molecule has 0 bridgehead atoms. The van der Waals surface area contributed by atoms with E-state index in [9.17, 15) is 21.6 Å². The van der Waals surface area contributed by atoms with Gasteiger partial charge >= 0.3 is 6.18 Å². The van der Waals surface area contributed by atoms with Crippen molar-refractivity contribution in [1.29, 1.82) is 0 Å². The third-order valence-corrected chi connectivity index (χ3v) is 5.59. The van der Waals surface area contributed by atoms with E-state index >= 15 is 0 Å². The van der Waals surface area contributed by atoms with E-state index in [0.29, 0.717) is 30.0 Å². The summed E-state index contributed by atoms with van der Waals surface area (Å²) in [7, 11) is -3.81. The van der Waals surface area contributed by atoms with E-state index in [1.807, 2.05) is 0 Å². The van der Waals surface area contributed by atoms with Gasteiger partial charge in [-0.2, -0.15) is 17.5 Å². The zero-order valence-corrected chi connectivity index (χ0v) is 11.4. The third-order valence-electron chi connectivity index (χ3n) is 3.55. The number of alkyl halides is 3. The first-order chi connectivity index (χ1) is 8.78. The summed E-state index contributed by atoms with van der Waals surface area (Å²) in [5, 5.41) is 3.11. The Morgan fingerprint density at radius 2 is 1.68 bits per heavy atom. The molecule has 0 spiro atoms. The summed E-state index contributed by atoms with van der Waals surface area (Å²) in [6, 6.07) is -0.437. The zero-order chi connectivity index (χ0) is 14.1. The van der Waals surface area contributed by atoms with E-state index in [2.05, 4.69) is 5.32 Å². The van der Waals surface area contributed by atoms with Crippen LogP contribution in [0.2, 0.25) is 0 Å². The number of rotatable bonds is 5. The maximum Gasteiger partial charge on any atom is 0.402 e. The molecule has 0 aromatic carbocycles. The average molecular weight is 300 g/mol. The minimum atomic E-state index is -4.47. The number of nitrogens with zero attached hydrogens (tertiary/aromatic N) is 1. The highest BCUT2D eigenvalue weighted by atomic mass is 32.2. The number of nitrogens with one attached hydrogen (secondary N) is 1. The van der Waals surface area contributed by atoms with Gasteiger partial charge in [0.2, 0.25) is 10.0 Å². The molecule has 1 heterocycles. The van der Waals surface area contributed by atoms with Crippen LogP contribution < -0.4 is 5.32 Å². The van der Waals surface area contributed by atoms with Crippen molar-refractivity contribution in [3.8, 4) is 0 Å². The van der Waals surface area contributed by atoms with Gasteiger partial charge in [0.25, 0.3) is 0 Å². The highest BCUT2D eigenvalue weighted by Crippen LogP contribution is 2.33. The molecule has 2 aliphatic rings. The van der Waals surface area contributed by atoms with E-state index < -0.39 is 28.8 Å².